The normalized spacial score (nSPS) is 15.1. The quantitative estimate of drug-likeness (QED) is 0.421. The summed E-state index contributed by atoms with van der Waals surface area (Å²) in [5.41, 5.74) is 3.75. The fourth-order valence-electron chi connectivity index (χ4n) is 3.82. The van der Waals surface area contributed by atoms with Crippen LogP contribution < -0.4 is 15.1 Å². The molecule has 3 aromatic carbocycles. The molecular formula is C26H22ClN3O5. The lowest BCUT2D eigenvalue weighted by Gasteiger charge is -2.28. The van der Waals surface area contributed by atoms with Crippen LogP contribution in [-0.2, 0) is 20.8 Å². The highest BCUT2D eigenvalue weighted by atomic mass is 35.5. The zero-order valence-electron chi connectivity index (χ0n) is 18.8. The molecule has 3 aromatic rings. The Bertz CT molecular complexity index is 1280. The predicted molar refractivity (Wildman–Crippen MR) is 130 cm³/mol. The Morgan fingerprint density at radius 3 is 2.49 bits per heavy atom. The molecule has 1 heterocycles. The van der Waals surface area contributed by atoms with Crippen LogP contribution in [0.25, 0.3) is 0 Å². The number of amides is 4. The van der Waals surface area contributed by atoms with Crippen LogP contribution in [0.2, 0.25) is 5.02 Å². The summed E-state index contributed by atoms with van der Waals surface area (Å²) in [5.74, 6) is -1.85. The third-order valence-electron chi connectivity index (χ3n) is 5.49. The van der Waals surface area contributed by atoms with Crippen molar-refractivity contribution in [2.75, 3.05) is 12.0 Å². The summed E-state index contributed by atoms with van der Waals surface area (Å²) >= 11 is 6.05. The SMILES string of the molecule is COc1cccc(N2C(=O)CC(N(NC(=O)Cc3ccccc3)C(=O)c3cccc(Cl)c3)C2=O)c1. The second kappa shape index (κ2) is 10.4. The highest BCUT2D eigenvalue weighted by molar-refractivity contribution is 6.31. The van der Waals surface area contributed by atoms with Crippen LogP contribution in [0.5, 0.6) is 5.75 Å². The van der Waals surface area contributed by atoms with Crippen LogP contribution in [0, 0.1) is 0 Å². The van der Waals surface area contributed by atoms with Crippen molar-refractivity contribution in [1.29, 1.82) is 0 Å². The van der Waals surface area contributed by atoms with Crippen molar-refractivity contribution in [3.63, 3.8) is 0 Å². The van der Waals surface area contributed by atoms with Crippen molar-refractivity contribution < 1.29 is 23.9 Å². The number of carbonyl (C=O) groups excluding carboxylic acids is 4. The molecule has 9 heteroatoms. The van der Waals surface area contributed by atoms with Gasteiger partial charge in [-0.2, -0.15) is 0 Å². The number of benzene rings is 3. The zero-order valence-corrected chi connectivity index (χ0v) is 19.6. The smallest absolute Gasteiger partial charge is 0.273 e. The maximum atomic E-state index is 13.4. The number of rotatable bonds is 6. The molecule has 0 aromatic heterocycles. The van der Waals surface area contributed by atoms with Crippen molar-refractivity contribution in [3.8, 4) is 5.75 Å². The van der Waals surface area contributed by atoms with Gasteiger partial charge in [0.15, 0.2) is 0 Å². The Morgan fingerprint density at radius 2 is 1.77 bits per heavy atom. The van der Waals surface area contributed by atoms with Gasteiger partial charge in [0.2, 0.25) is 11.8 Å². The first-order valence-electron chi connectivity index (χ1n) is 10.8. The number of hydrogen-bond donors (Lipinski definition) is 1. The number of hydrogen-bond acceptors (Lipinski definition) is 5. The summed E-state index contributed by atoms with van der Waals surface area (Å²) in [7, 11) is 1.48. The van der Waals surface area contributed by atoms with Gasteiger partial charge in [0, 0.05) is 16.7 Å². The molecule has 0 bridgehead atoms. The number of ether oxygens (including phenoxy) is 1. The lowest BCUT2D eigenvalue weighted by molar-refractivity contribution is -0.128. The lowest BCUT2D eigenvalue weighted by atomic mass is 10.1. The minimum absolute atomic E-state index is 0.0192. The maximum Gasteiger partial charge on any atom is 0.273 e. The standard InChI is InChI=1S/C26H22ClN3O5/c1-35-21-12-6-11-20(15-21)29-24(32)16-22(26(29)34)30(25(33)18-9-5-10-19(27)14-18)28-23(31)13-17-7-3-2-4-8-17/h2-12,14-15,22H,13,16H2,1H3,(H,28,31). The van der Waals surface area contributed by atoms with Crippen LogP contribution in [0.4, 0.5) is 5.69 Å². The third-order valence-corrected chi connectivity index (χ3v) is 5.72. The molecule has 4 amide bonds. The summed E-state index contributed by atoms with van der Waals surface area (Å²) in [6.07, 6.45) is -0.317. The molecule has 1 N–H and O–H groups in total. The van der Waals surface area contributed by atoms with Crippen LogP contribution in [0.3, 0.4) is 0 Å². The van der Waals surface area contributed by atoms with Gasteiger partial charge >= 0.3 is 0 Å². The summed E-state index contributed by atoms with van der Waals surface area (Å²) < 4.78 is 5.19. The van der Waals surface area contributed by atoms with Gasteiger partial charge in [0.1, 0.15) is 11.8 Å². The second-order valence-electron chi connectivity index (χ2n) is 7.87. The first-order chi connectivity index (χ1) is 16.9. The number of halogens is 1. The Labute approximate surface area is 207 Å². The molecule has 4 rings (SSSR count). The fraction of sp³-hybridized carbons (Fsp3) is 0.154. The zero-order chi connectivity index (χ0) is 24.9. The summed E-state index contributed by atoms with van der Waals surface area (Å²) in [6.45, 7) is 0. The van der Waals surface area contributed by atoms with Gasteiger partial charge < -0.3 is 4.74 Å². The van der Waals surface area contributed by atoms with E-state index in [9.17, 15) is 19.2 Å². The van der Waals surface area contributed by atoms with Crippen molar-refractivity contribution in [2.24, 2.45) is 0 Å². The molecule has 1 aliphatic rings. The third kappa shape index (κ3) is 5.33. The fourth-order valence-corrected chi connectivity index (χ4v) is 4.01. The second-order valence-corrected chi connectivity index (χ2v) is 8.31. The minimum Gasteiger partial charge on any atom is -0.497 e. The molecule has 1 fully saturated rings. The molecular weight excluding hydrogens is 470 g/mol. The lowest BCUT2D eigenvalue weighted by Crippen LogP contribution is -2.55. The molecule has 0 saturated carbocycles. The average molecular weight is 492 g/mol. The first kappa shape index (κ1) is 24.0. The maximum absolute atomic E-state index is 13.4. The van der Waals surface area contributed by atoms with E-state index in [1.54, 1.807) is 60.7 Å². The van der Waals surface area contributed by atoms with Crippen LogP contribution in [-0.4, -0.2) is 41.8 Å². The summed E-state index contributed by atoms with van der Waals surface area (Å²) in [4.78, 5) is 53.5. The Hall–Kier alpha value is -4.17. The highest BCUT2D eigenvalue weighted by Crippen LogP contribution is 2.28. The minimum atomic E-state index is -1.24. The Balaban J connectivity index is 1.64. The van der Waals surface area contributed by atoms with Crippen molar-refractivity contribution in [2.45, 2.75) is 18.9 Å². The molecule has 178 valence electrons. The number of carbonyl (C=O) groups is 4. The van der Waals surface area contributed by atoms with E-state index in [2.05, 4.69) is 5.43 Å². The van der Waals surface area contributed by atoms with Crippen LogP contribution in [0.15, 0.2) is 78.9 Å². The van der Waals surface area contributed by atoms with Crippen molar-refractivity contribution in [3.05, 3.63) is 95.0 Å². The van der Waals surface area contributed by atoms with Crippen LogP contribution in [0.1, 0.15) is 22.3 Å². The topological polar surface area (TPSA) is 96.0 Å². The van der Waals surface area contributed by atoms with Gasteiger partial charge in [-0.25, -0.2) is 9.91 Å². The number of imide groups is 1. The van der Waals surface area contributed by atoms with Crippen molar-refractivity contribution in [1.82, 2.24) is 10.4 Å². The van der Waals surface area contributed by atoms with Crippen molar-refractivity contribution >= 4 is 40.9 Å². The first-order valence-corrected chi connectivity index (χ1v) is 11.2. The van der Waals surface area contributed by atoms with E-state index in [-0.39, 0.29) is 18.4 Å². The molecule has 0 spiro atoms. The number of anilines is 1. The molecule has 0 aliphatic carbocycles. The largest absolute Gasteiger partial charge is 0.497 e. The molecule has 1 atom stereocenters. The van der Waals surface area contributed by atoms with Crippen LogP contribution >= 0.6 is 11.6 Å². The van der Waals surface area contributed by atoms with Gasteiger partial charge in [-0.3, -0.25) is 24.6 Å². The van der Waals surface area contributed by atoms with E-state index in [1.165, 1.54) is 19.2 Å². The summed E-state index contributed by atoms with van der Waals surface area (Å²) in [6, 6.07) is 20.4. The Kier molecular flexibility index (Phi) is 7.12. The molecule has 35 heavy (non-hydrogen) atoms. The van der Waals surface area contributed by atoms with Gasteiger partial charge in [-0.1, -0.05) is 54.1 Å². The Morgan fingerprint density at radius 1 is 1.03 bits per heavy atom. The van der Waals surface area contributed by atoms with E-state index in [0.717, 1.165) is 15.5 Å². The number of methoxy groups -OCH3 is 1. The average Bonchev–Trinajstić information content (AvgIpc) is 3.16. The van der Waals surface area contributed by atoms with Gasteiger partial charge in [-0.15, -0.1) is 0 Å². The molecule has 1 saturated heterocycles. The van der Waals surface area contributed by atoms with E-state index >= 15 is 0 Å². The van der Waals surface area contributed by atoms with Gasteiger partial charge in [0.25, 0.3) is 11.8 Å². The van der Waals surface area contributed by atoms with Gasteiger partial charge in [-0.05, 0) is 35.9 Å². The number of hydrazine groups is 1. The summed E-state index contributed by atoms with van der Waals surface area (Å²) in [5, 5.41) is 1.25. The highest BCUT2D eigenvalue weighted by Gasteiger charge is 2.45. The number of nitrogens with zero attached hydrogens (tertiary/aromatic N) is 2. The molecule has 8 nitrogen and oxygen atoms in total. The van der Waals surface area contributed by atoms with E-state index in [1.807, 2.05) is 6.07 Å². The molecule has 1 aliphatic heterocycles. The number of nitrogens with one attached hydrogen (secondary N) is 1. The van der Waals surface area contributed by atoms with E-state index in [0.29, 0.717) is 16.5 Å². The molecule has 1 unspecified atom stereocenters. The predicted octanol–water partition coefficient (Wildman–Crippen LogP) is 3.40. The monoisotopic (exact) mass is 491 g/mol. The van der Waals surface area contributed by atoms with Gasteiger partial charge in [0.05, 0.1) is 25.6 Å². The van der Waals surface area contributed by atoms with E-state index < -0.39 is 29.7 Å². The molecule has 0 radical (unpaired) electrons. The van der Waals surface area contributed by atoms with E-state index in [4.69, 9.17) is 16.3 Å².